The highest BCUT2D eigenvalue weighted by Crippen LogP contribution is 2.23. The lowest BCUT2D eigenvalue weighted by atomic mass is 10.2. The van der Waals surface area contributed by atoms with E-state index in [0.29, 0.717) is 41.5 Å². The maximum absolute atomic E-state index is 14.3. The second-order valence-electron chi connectivity index (χ2n) is 8.75. The molecule has 4 rings (SSSR count). The molecule has 184 valence electrons. The van der Waals surface area contributed by atoms with Gasteiger partial charge in [0.25, 0.3) is 0 Å². The lowest BCUT2D eigenvalue weighted by molar-refractivity contribution is 0.122. The minimum absolute atomic E-state index is 0.291. The number of anilines is 3. The third-order valence-corrected chi connectivity index (χ3v) is 5.57. The van der Waals surface area contributed by atoms with Gasteiger partial charge in [-0.25, -0.2) is 14.4 Å². The van der Waals surface area contributed by atoms with Crippen molar-refractivity contribution in [2.75, 3.05) is 48.4 Å². The van der Waals surface area contributed by atoms with Crippen molar-refractivity contribution in [2.45, 2.75) is 13.8 Å². The van der Waals surface area contributed by atoms with E-state index < -0.39 is 0 Å². The number of para-hydroxylation sites is 1. The number of hydrogen-bond donors (Lipinski definition) is 3. The topological polar surface area (TPSA) is 90.5 Å². The van der Waals surface area contributed by atoms with Crippen LogP contribution in [0.25, 0.3) is 0 Å². The lowest BCUT2D eigenvalue weighted by Gasteiger charge is -2.29. The Morgan fingerprint density at radius 1 is 1.20 bits per heavy atom. The molecule has 2 aromatic carbocycles. The van der Waals surface area contributed by atoms with Crippen LogP contribution in [0.5, 0.6) is 0 Å². The zero-order valence-corrected chi connectivity index (χ0v) is 20.2. The van der Waals surface area contributed by atoms with Crippen LogP contribution in [0.3, 0.4) is 0 Å². The Bertz CT molecular complexity index is 1130. The minimum Gasteiger partial charge on any atom is -0.403 e. The summed E-state index contributed by atoms with van der Waals surface area (Å²) in [5.74, 6) is 1.37. The highest BCUT2D eigenvalue weighted by atomic mass is 19.1. The second kappa shape index (κ2) is 11.1. The van der Waals surface area contributed by atoms with Crippen molar-refractivity contribution in [3.05, 3.63) is 78.6 Å². The summed E-state index contributed by atoms with van der Waals surface area (Å²) in [6, 6.07) is 14.6. The standard InChI is InChI=1S/C26H32FN7O/c1-18(2)17-34-25(24(16-28)32-26(34)31-23-7-5-4-6-22(23)27)30-19(3)29-20-8-10-21(11-9-20)33-12-14-35-15-13-33/h4-11,16,18,29H,3,12-15,17,28H2,1-2H3,(H,31,32)/b24-16+,30-25+. The van der Waals surface area contributed by atoms with Crippen LogP contribution >= 0.6 is 0 Å². The molecular weight excluding hydrogens is 445 g/mol. The van der Waals surface area contributed by atoms with Gasteiger partial charge < -0.3 is 26.0 Å². The SMILES string of the molecule is C=C(/N=C1\C(=C/N)N=C(Nc2ccccc2F)N1CC(C)C)Nc1ccc(N2CCOCC2)cc1. The Hall–Kier alpha value is -3.85. The van der Waals surface area contributed by atoms with Gasteiger partial charge in [0.15, 0.2) is 5.84 Å². The summed E-state index contributed by atoms with van der Waals surface area (Å²) in [6.07, 6.45) is 1.40. The Morgan fingerprint density at radius 3 is 2.57 bits per heavy atom. The van der Waals surface area contributed by atoms with E-state index in [9.17, 15) is 4.39 Å². The van der Waals surface area contributed by atoms with Gasteiger partial charge in [0.1, 0.15) is 17.3 Å². The Morgan fingerprint density at radius 2 is 1.91 bits per heavy atom. The quantitative estimate of drug-likeness (QED) is 0.554. The Kier molecular flexibility index (Phi) is 7.67. The number of aliphatic imine (C=N–C) groups is 2. The van der Waals surface area contributed by atoms with Gasteiger partial charge in [0, 0.05) is 37.2 Å². The highest BCUT2D eigenvalue weighted by Gasteiger charge is 2.29. The Labute approximate surface area is 205 Å². The van der Waals surface area contributed by atoms with Crippen molar-refractivity contribution in [1.29, 1.82) is 0 Å². The first kappa shape index (κ1) is 24.3. The third kappa shape index (κ3) is 5.99. The summed E-state index contributed by atoms with van der Waals surface area (Å²) in [5, 5.41) is 6.32. The molecule has 2 aliphatic rings. The monoisotopic (exact) mass is 477 g/mol. The van der Waals surface area contributed by atoms with E-state index >= 15 is 0 Å². The maximum atomic E-state index is 14.3. The molecule has 35 heavy (non-hydrogen) atoms. The number of guanidine groups is 1. The maximum Gasteiger partial charge on any atom is 0.209 e. The van der Waals surface area contributed by atoms with Gasteiger partial charge in [-0.1, -0.05) is 32.6 Å². The van der Waals surface area contributed by atoms with E-state index in [0.717, 1.165) is 37.7 Å². The minimum atomic E-state index is -0.366. The average molecular weight is 478 g/mol. The molecule has 1 fully saturated rings. The van der Waals surface area contributed by atoms with E-state index in [4.69, 9.17) is 15.5 Å². The molecule has 2 aromatic rings. The first-order chi connectivity index (χ1) is 16.9. The number of nitrogens with zero attached hydrogens (tertiary/aromatic N) is 4. The largest absolute Gasteiger partial charge is 0.403 e. The summed E-state index contributed by atoms with van der Waals surface area (Å²) in [7, 11) is 0. The third-order valence-electron chi connectivity index (χ3n) is 5.57. The van der Waals surface area contributed by atoms with E-state index in [2.05, 4.69) is 53.1 Å². The van der Waals surface area contributed by atoms with Gasteiger partial charge in [0.05, 0.1) is 18.9 Å². The van der Waals surface area contributed by atoms with Crippen LogP contribution in [0.1, 0.15) is 13.8 Å². The summed E-state index contributed by atoms with van der Waals surface area (Å²) in [5.41, 5.74) is 8.71. The van der Waals surface area contributed by atoms with Crippen molar-refractivity contribution in [3.63, 3.8) is 0 Å². The summed E-state index contributed by atoms with van der Waals surface area (Å²) in [6.45, 7) is 12.1. The van der Waals surface area contributed by atoms with Crippen LogP contribution in [0, 0.1) is 11.7 Å². The van der Waals surface area contributed by atoms with Gasteiger partial charge in [-0.15, -0.1) is 0 Å². The van der Waals surface area contributed by atoms with Gasteiger partial charge in [0.2, 0.25) is 5.96 Å². The number of nitrogens with two attached hydrogens (primary N) is 1. The molecule has 2 aliphatic heterocycles. The molecule has 2 heterocycles. The van der Waals surface area contributed by atoms with Gasteiger partial charge in [-0.3, -0.25) is 4.90 Å². The fraction of sp³-hybridized carbons (Fsp3) is 0.308. The lowest BCUT2D eigenvalue weighted by Crippen LogP contribution is -2.39. The second-order valence-corrected chi connectivity index (χ2v) is 8.75. The molecular formula is C26H32FN7O. The van der Waals surface area contributed by atoms with Crippen LogP contribution in [0.2, 0.25) is 0 Å². The van der Waals surface area contributed by atoms with Crippen LogP contribution in [-0.2, 0) is 4.74 Å². The number of rotatable bonds is 7. The van der Waals surface area contributed by atoms with Crippen molar-refractivity contribution in [2.24, 2.45) is 21.6 Å². The summed E-state index contributed by atoms with van der Waals surface area (Å²) < 4.78 is 19.7. The zero-order chi connectivity index (χ0) is 24.8. The molecule has 0 unspecified atom stereocenters. The van der Waals surface area contributed by atoms with Crippen molar-refractivity contribution < 1.29 is 9.13 Å². The average Bonchev–Trinajstić information content (AvgIpc) is 3.16. The van der Waals surface area contributed by atoms with Crippen LogP contribution in [0.15, 0.2) is 82.8 Å². The molecule has 1 saturated heterocycles. The molecule has 0 bridgehead atoms. The normalized spacial score (nSPS) is 18.3. The number of halogens is 1. The molecule has 0 aliphatic carbocycles. The number of amidine groups is 1. The van der Waals surface area contributed by atoms with E-state index in [1.807, 2.05) is 17.0 Å². The fourth-order valence-electron chi connectivity index (χ4n) is 3.91. The summed E-state index contributed by atoms with van der Waals surface area (Å²) in [4.78, 5) is 13.5. The van der Waals surface area contributed by atoms with Crippen LogP contribution in [-0.4, -0.2) is 49.5 Å². The zero-order valence-electron chi connectivity index (χ0n) is 20.2. The molecule has 0 amide bonds. The molecule has 0 aromatic heterocycles. The van der Waals surface area contributed by atoms with Crippen LogP contribution < -0.4 is 21.3 Å². The fourth-order valence-corrected chi connectivity index (χ4v) is 3.91. The highest BCUT2D eigenvalue weighted by molar-refractivity contribution is 6.18. The Balaban J connectivity index is 1.51. The first-order valence-corrected chi connectivity index (χ1v) is 11.7. The van der Waals surface area contributed by atoms with Crippen LogP contribution in [0.4, 0.5) is 21.5 Å². The first-order valence-electron chi connectivity index (χ1n) is 11.7. The number of morpholine rings is 1. The molecule has 0 atom stereocenters. The molecule has 9 heteroatoms. The molecule has 8 nitrogen and oxygen atoms in total. The van der Waals surface area contributed by atoms with E-state index in [-0.39, 0.29) is 5.82 Å². The molecule has 0 radical (unpaired) electrons. The van der Waals surface area contributed by atoms with Crippen molar-refractivity contribution in [3.8, 4) is 0 Å². The molecule has 0 spiro atoms. The summed E-state index contributed by atoms with van der Waals surface area (Å²) >= 11 is 0. The van der Waals surface area contributed by atoms with Crippen molar-refractivity contribution in [1.82, 2.24) is 4.90 Å². The predicted molar refractivity (Wildman–Crippen MR) is 141 cm³/mol. The molecule has 0 saturated carbocycles. The van der Waals surface area contributed by atoms with E-state index in [1.54, 1.807) is 18.2 Å². The molecule has 4 N–H and O–H groups in total. The van der Waals surface area contributed by atoms with E-state index in [1.165, 1.54) is 12.3 Å². The number of benzene rings is 2. The number of ether oxygens (including phenoxy) is 1. The smallest absolute Gasteiger partial charge is 0.209 e. The van der Waals surface area contributed by atoms with Gasteiger partial charge in [-0.2, -0.15) is 0 Å². The van der Waals surface area contributed by atoms with Gasteiger partial charge in [-0.05, 0) is 42.3 Å². The predicted octanol–water partition coefficient (Wildman–Crippen LogP) is 4.18. The number of hydrogen-bond acceptors (Lipinski definition) is 7. The van der Waals surface area contributed by atoms with Gasteiger partial charge >= 0.3 is 0 Å². The number of nitrogens with one attached hydrogen (secondary N) is 2. The van der Waals surface area contributed by atoms with Crippen molar-refractivity contribution >= 4 is 28.9 Å².